The Bertz CT molecular complexity index is 655. The molecule has 1 aromatic rings. The number of hydrogen-bond acceptors (Lipinski definition) is 3. The van der Waals surface area contributed by atoms with E-state index in [1.54, 1.807) is 0 Å². The van der Waals surface area contributed by atoms with Crippen LogP contribution in [0.3, 0.4) is 0 Å². The van der Waals surface area contributed by atoms with E-state index in [-0.39, 0.29) is 17.3 Å². The number of rotatable bonds is 4. The van der Waals surface area contributed by atoms with E-state index in [9.17, 15) is 9.59 Å². The van der Waals surface area contributed by atoms with Gasteiger partial charge in [0.15, 0.2) is 11.5 Å². The highest BCUT2D eigenvalue weighted by atomic mass is 28.2. The van der Waals surface area contributed by atoms with Crippen LogP contribution in [0.1, 0.15) is 23.5 Å². The molecule has 2 aliphatic carbocycles. The topological polar surface area (TPSA) is 43.4 Å². The monoisotopic (exact) mass is 296 g/mol. The van der Waals surface area contributed by atoms with Gasteiger partial charge in [0.25, 0.3) is 0 Å². The zero-order valence-corrected chi connectivity index (χ0v) is 13.1. The maximum atomic E-state index is 12.1. The van der Waals surface area contributed by atoms with E-state index >= 15 is 0 Å². The van der Waals surface area contributed by atoms with Crippen LogP contribution in [-0.2, 0) is 14.3 Å². The predicted octanol–water partition coefficient (Wildman–Crippen LogP) is 2.78. The molecule has 3 rings (SSSR count). The molecule has 1 unspecified atom stereocenters. The van der Waals surface area contributed by atoms with Crippen molar-refractivity contribution in [3.8, 4) is 0 Å². The fourth-order valence-corrected chi connectivity index (χ4v) is 3.80. The van der Waals surface area contributed by atoms with E-state index in [2.05, 4.69) is 18.7 Å². The van der Waals surface area contributed by atoms with E-state index in [1.165, 1.54) is 31.2 Å². The van der Waals surface area contributed by atoms with E-state index in [1.807, 2.05) is 12.1 Å². The molecule has 0 amide bonds. The Morgan fingerprint density at radius 3 is 2.38 bits per heavy atom. The van der Waals surface area contributed by atoms with Crippen molar-refractivity contribution >= 4 is 26.7 Å². The molecule has 1 saturated carbocycles. The standard InChI is InChI=1S/C17H16O3Si/c1-20-16-9-14(18)12(7-15(16)19)10-3-5-11(6-4-10)13-8-17(13)21-2/h3-7,9,13,17H,8H2,1-2H3/t13?,17-/m1/s1. The maximum absolute atomic E-state index is 12.1. The Labute approximate surface area is 126 Å². The summed E-state index contributed by atoms with van der Waals surface area (Å²) in [6.07, 6.45) is 3.90. The lowest BCUT2D eigenvalue weighted by molar-refractivity contribution is -0.116. The largest absolute Gasteiger partial charge is 0.493 e. The van der Waals surface area contributed by atoms with Gasteiger partial charge in [-0.25, -0.2) is 0 Å². The molecule has 0 aromatic heterocycles. The van der Waals surface area contributed by atoms with E-state index < -0.39 is 0 Å². The average molecular weight is 296 g/mol. The molecule has 0 N–H and O–H groups in total. The van der Waals surface area contributed by atoms with Crippen LogP contribution >= 0.6 is 0 Å². The smallest absolute Gasteiger partial charge is 0.221 e. The van der Waals surface area contributed by atoms with Gasteiger partial charge in [0.2, 0.25) is 5.78 Å². The summed E-state index contributed by atoms with van der Waals surface area (Å²) in [5, 5.41) is 0. The third-order valence-corrected chi connectivity index (χ3v) is 5.46. The molecule has 0 spiro atoms. The van der Waals surface area contributed by atoms with Crippen LogP contribution in [0.25, 0.3) is 5.57 Å². The van der Waals surface area contributed by atoms with Crippen molar-refractivity contribution in [2.24, 2.45) is 0 Å². The highest BCUT2D eigenvalue weighted by Gasteiger charge is 2.36. The Morgan fingerprint density at radius 1 is 1.10 bits per heavy atom. The fourth-order valence-electron chi connectivity index (χ4n) is 2.72. The minimum atomic E-state index is -0.259. The molecule has 4 heteroatoms. The summed E-state index contributed by atoms with van der Waals surface area (Å²) in [6, 6.07) is 8.03. The molecule has 1 fully saturated rings. The molecule has 21 heavy (non-hydrogen) atoms. The number of hydrogen-bond donors (Lipinski definition) is 0. The van der Waals surface area contributed by atoms with Gasteiger partial charge >= 0.3 is 0 Å². The van der Waals surface area contributed by atoms with Crippen LogP contribution < -0.4 is 0 Å². The Kier molecular flexibility index (Phi) is 3.63. The molecule has 0 bridgehead atoms. The molecular formula is C17H16O3Si. The van der Waals surface area contributed by atoms with Gasteiger partial charge in [-0.2, -0.15) is 0 Å². The molecule has 106 valence electrons. The SMILES string of the molecule is COC1=CC(=O)C(c2ccc(C3C[C@H]3[Si]C)cc2)=CC1=O. The second-order valence-corrected chi connectivity index (χ2v) is 6.68. The minimum Gasteiger partial charge on any atom is -0.493 e. The number of carbonyl (C=O) groups excluding carboxylic acids is 2. The van der Waals surface area contributed by atoms with Gasteiger partial charge in [-0.15, -0.1) is 0 Å². The Hall–Kier alpha value is -1.94. The number of benzene rings is 1. The molecule has 0 aliphatic heterocycles. The summed E-state index contributed by atoms with van der Waals surface area (Å²) in [5.74, 6) is 0.342. The maximum Gasteiger partial charge on any atom is 0.221 e. The van der Waals surface area contributed by atoms with Crippen LogP contribution in [0, 0.1) is 0 Å². The van der Waals surface area contributed by atoms with Crippen LogP contribution in [0.5, 0.6) is 0 Å². The first-order valence-corrected chi connectivity index (χ1v) is 8.55. The quantitative estimate of drug-likeness (QED) is 0.634. The molecule has 1 aromatic carbocycles. The number of methoxy groups -OCH3 is 1. The first kappa shape index (κ1) is 14.0. The number of ether oxygens (including phenoxy) is 1. The van der Waals surface area contributed by atoms with Crippen molar-refractivity contribution in [1.82, 2.24) is 0 Å². The van der Waals surface area contributed by atoms with Crippen molar-refractivity contribution < 1.29 is 14.3 Å². The van der Waals surface area contributed by atoms with E-state index in [0.717, 1.165) is 20.6 Å². The second kappa shape index (κ2) is 5.45. The van der Waals surface area contributed by atoms with Crippen LogP contribution in [0.15, 0.2) is 42.2 Å². The van der Waals surface area contributed by atoms with Crippen molar-refractivity contribution in [1.29, 1.82) is 0 Å². The van der Waals surface area contributed by atoms with Gasteiger partial charge in [-0.05, 0) is 29.0 Å². The van der Waals surface area contributed by atoms with Gasteiger partial charge < -0.3 is 4.74 Å². The Morgan fingerprint density at radius 2 is 1.81 bits per heavy atom. The first-order valence-electron chi connectivity index (χ1n) is 6.97. The average Bonchev–Trinajstić information content (AvgIpc) is 3.29. The highest BCUT2D eigenvalue weighted by Crippen LogP contribution is 2.52. The molecule has 0 saturated heterocycles. The zero-order valence-electron chi connectivity index (χ0n) is 12.1. The summed E-state index contributed by atoms with van der Waals surface area (Å²) >= 11 is 0. The molecule has 2 aliphatic rings. The lowest BCUT2D eigenvalue weighted by atomic mass is 9.94. The lowest BCUT2D eigenvalue weighted by Gasteiger charge is -2.12. The second-order valence-electron chi connectivity index (χ2n) is 5.36. The van der Waals surface area contributed by atoms with Crippen LogP contribution in [-0.4, -0.2) is 28.2 Å². The van der Waals surface area contributed by atoms with Crippen molar-refractivity contribution in [2.45, 2.75) is 24.4 Å². The number of ketones is 2. The van der Waals surface area contributed by atoms with E-state index in [4.69, 9.17) is 4.74 Å². The van der Waals surface area contributed by atoms with Gasteiger partial charge in [-0.1, -0.05) is 30.8 Å². The van der Waals surface area contributed by atoms with Crippen LogP contribution in [0.2, 0.25) is 12.1 Å². The highest BCUT2D eigenvalue weighted by molar-refractivity contribution is 6.37. The number of allylic oxidation sites excluding steroid dienone is 3. The van der Waals surface area contributed by atoms with Gasteiger partial charge in [-0.3, -0.25) is 9.59 Å². The van der Waals surface area contributed by atoms with Crippen LogP contribution in [0.4, 0.5) is 0 Å². The van der Waals surface area contributed by atoms with Crippen molar-refractivity contribution in [2.75, 3.05) is 7.11 Å². The van der Waals surface area contributed by atoms with E-state index in [0.29, 0.717) is 11.5 Å². The molecule has 2 atom stereocenters. The Balaban J connectivity index is 1.82. The third-order valence-electron chi connectivity index (χ3n) is 4.08. The van der Waals surface area contributed by atoms with Crippen molar-refractivity contribution in [3.63, 3.8) is 0 Å². The minimum absolute atomic E-state index is 0.102. The lowest BCUT2D eigenvalue weighted by Crippen LogP contribution is -2.13. The molecule has 2 radical (unpaired) electrons. The summed E-state index contributed by atoms with van der Waals surface area (Å²) in [7, 11) is 2.38. The third kappa shape index (κ3) is 2.63. The summed E-state index contributed by atoms with van der Waals surface area (Å²) in [5.41, 5.74) is 3.40. The summed E-state index contributed by atoms with van der Waals surface area (Å²) in [4.78, 5) is 23.9. The summed E-state index contributed by atoms with van der Waals surface area (Å²) < 4.78 is 4.89. The normalized spacial score (nSPS) is 24.5. The van der Waals surface area contributed by atoms with Crippen molar-refractivity contribution in [3.05, 3.63) is 53.3 Å². The van der Waals surface area contributed by atoms with Gasteiger partial charge in [0.1, 0.15) is 0 Å². The molecular weight excluding hydrogens is 280 g/mol. The number of carbonyl (C=O) groups is 2. The summed E-state index contributed by atoms with van der Waals surface area (Å²) in [6.45, 7) is 2.25. The fraction of sp³-hybridized carbons (Fsp3) is 0.294. The first-order chi connectivity index (χ1) is 10.1. The predicted molar refractivity (Wildman–Crippen MR) is 82.3 cm³/mol. The molecule has 0 heterocycles. The molecule has 3 nitrogen and oxygen atoms in total. The van der Waals surface area contributed by atoms with Gasteiger partial charge in [0.05, 0.1) is 7.11 Å². The zero-order chi connectivity index (χ0) is 15.0. The van der Waals surface area contributed by atoms with Gasteiger partial charge in [0, 0.05) is 27.2 Å².